The molecule has 2 atom stereocenters. The van der Waals surface area contributed by atoms with Crippen LogP contribution in [0.5, 0.6) is 0 Å². The zero-order valence-corrected chi connectivity index (χ0v) is 23.3. The third kappa shape index (κ3) is 6.37. The summed E-state index contributed by atoms with van der Waals surface area (Å²) in [4.78, 5) is 22.7. The van der Waals surface area contributed by atoms with Gasteiger partial charge in [0.05, 0.1) is 10.6 Å². The van der Waals surface area contributed by atoms with Crippen LogP contribution in [0.2, 0.25) is 5.02 Å². The van der Waals surface area contributed by atoms with Crippen LogP contribution in [0.4, 0.5) is 5.82 Å². The number of piperazine rings is 1. The Labute approximate surface area is 231 Å². The van der Waals surface area contributed by atoms with E-state index in [1.807, 2.05) is 36.5 Å². The molecule has 2 fully saturated rings. The second-order valence-corrected chi connectivity index (χ2v) is 11.3. The summed E-state index contributed by atoms with van der Waals surface area (Å²) in [6.45, 7) is 11.2. The van der Waals surface area contributed by atoms with Crippen molar-refractivity contribution >= 4 is 23.3 Å². The number of aryl methyl sites for hydroxylation is 1. The Kier molecular flexibility index (Phi) is 8.32. The van der Waals surface area contributed by atoms with Crippen molar-refractivity contribution in [3.63, 3.8) is 0 Å². The average molecular weight is 532 g/mol. The molecule has 7 heteroatoms. The summed E-state index contributed by atoms with van der Waals surface area (Å²) in [6, 6.07) is 19.3. The van der Waals surface area contributed by atoms with Gasteiger partial charge in [-0.3, -0.25) is 9.69 Å². The zero-order chi connectivity index (χ0) is 26.6. The predicted octanol–water partition coefficient (Wildman–Crippen LogP) is 5.29. The number of hydrogen-bond acceptors (Lipinski definition) is 5. The van der Waals surface area contributed by atoms with Crippen LogP contribution in [0.1, 0.15) is 48.2 Å². The minimum atomic E-state index is -0.0984. The average Bonchev–Trinajstić information content (AvgIpc) is 2.90. The normalized spacial score (nSPS) is 20.9. The highest BCUT2D eigenvalue weighted by molar-refractivity contribution is 6.36. The number of benzene rings is 2. The Morgan fingerprint density at radius 1 is 1.03 bits per heavy atom. The topological polar surface area (TPSA) is 60.5 Å². The van der Waals surface area contributed by atoms with Gasteiger partial charge >= 0.3 is 0 Å². The lowest BCUT2D eigenvalue weighted by molar-refractivity contribution is 0.0909. The van der Waals surface area contributed by atoms with Crippen molar-refractivity contribution in [3.8, 4) is 11.1 Å². The van der Waals surface area contributed by atoms with E-state index in [1.54, 1.807) is 0 Å². The molecule has 1 amide bonds. The summed E-state index contributed by atoms with van der Waals surface area (Å²) >= 11 is 6.70. The molecule has 2 unspecified atom stereocenters. The second-order valence-electron chi connectivity index (χ2n) is 11.0. The van der Waals surface area contributed by atoms with Crippen molar-refractivity contribution in [1.29, 1.82) is 0 Å². The van der Waals surface area contributed by atoms with E-state index >= 15 is 0 Å². The summed E-state index contributed by atoms with van der Waals surface area (Å²) in [6.07, 6.45) is 3.86. The Morgan fingerprint density at radius 2 is 1.74 bits per heavy atom. The minimum Gasteiger partial charge on any atom is -0.354 e. The maximum Gasteiger partial charge on any atom is 0.253 e. The number of carbonyl (C=O) groups excluding carboxylic acids is 1. The Balaban J connectivity index is 1.13. The van der Waals surface area contributed by atoms with E-state index in [4.69, 9.17) is 16.6 Å². The first kappa shape index (κ1) is 26.7. The molecule has 5 rings (SSSR count). The molecule has 2 N–H and O–H groups in total. The number of carbonyl (C=O) groups is 1. The fraction of sp³-hybridized carbons (Fsp3) is 0.419. The number of rotatable bonds is 6. The third-order valence-corrected chi connectivity index (χ3v) is 8.03. The van der Waals surface area contributed by atoms with Gasteiger partial charge in [0.1, 0.15) is 5.82 Å². The van der Waals surface area contributed by atoms with Gasteiger partial charge in [-0.1, -0.05) is 59.6 Å². The molecular formula is C31H38ClN5O. The molecular weight excluding hydrogens is 494 g/mol. The second kappa shape index (κ2) is 11.9. The van der Waals surface area contributed by atoms with Crippen LogP contribution in [0.3, 0.4) is 0 Å². The van der Waals surface area contributed by atoms with Crippen LogP contribution >= 0.6 is 11.6 Å². The number of piperidine rings is 1. The molecule has 1 aromatic heterocycles. The summed E-state index contributed by atoms with van der Waals surface area (Å²) in [5.74, 6) is 0.958. The van der Waals surface area contributed by atoms with Crippen molar-refractivity contribution in [1.82, 2.24) is 20.5 Å². The van der Waals surface area contributed by atoms with Crippen LogP contribution in [-0.4, -0.2) is 60.1 Å². The largest absolute Gasteiger partial charge is 0.354 e. The SMILES string of the molecule is Cc1ccc(-c2cccc(C(=O)NC3CCN(Cc4ccc(N5CC(C)NC(C)C5)nc4)CC3)c2Cl)cc1. The molecule has 38 heavy (non-hydrogen) atoms. The maximum atomic E-state index is 13.1. The number of aromatic nitrogens is 1. The summed E-state index contributed by atoms with van der Waals surface area (Å²) < 4.78 is 0. The van der Waals surface area contributed by atoms with Gasteiger partial charge in [0.15, 0.2) is 0 Å². The van der Waals surface area contributed by atoms with Gasteiger partial charge in [-0.25, -0.2) is 4.98 Å². The molecule has 2 saturated heterocycles. The molecule has 2 aliphatic rings. The van der Waals surface area contributed by atoms with Crippen molar-refractivity contribution in [2.45, 2.75) is 58.3 Å². The summed E-state index contributed by atoms with van der Waals surface area (Å²) in [5, 5.41) is 7.31. The first-order valence-electron chi connectivity index (χ1n) is 13.7. The number of amides is 1. The third-order valence-electron chi connectivity index (χ3n) is 7.63. The maximum absolute atomic E-state index is 13.1. The Morgan fingerprint density at radius 3 is 2.39 bits per heavy atom. The highest BCUT2D eigenvalue weighted by atomic mass is 35.5. The number of nitrogens with zero attached hydrogens (tertiary/aromatic N) is 3. The number of likely N-dealkylation sites (tertiary alicyclic amines) is 1. The van der Waals surface area contributed by atoms with E-state index in [9.17, 15) is 4.79 Å². The zero-order valence-electron chi connectivity index (χ0n) is 22.6. The first-order chi connectivity index (χ1) is 18.4. The molecule has 0 bridgehead atoms. The molecule has 3 heterocycles. The standard InChI is InChI=1S/C31H38ClN5O/c1-21-7-10-25(11-8-21)27-5-4-6-28(30(27)32)31(38)35-26-13-15-36(16-14-26)20-24-9-12-29(33-17-24)37-18-22(2)34-23(3)19-37/h4-12,17,22-23,26,34H,13-16,18-20H2,1-3H3,(H,35,38). The highest BCUT2D eigenvalue weighted by Gasteiger charge is 2.24. The number of hydrogen-bond donors (Lipinski definition) is 2. The summed E-state index contributed by atoms with van der Waals surface area (Å²) in [7, 11) is 0. The van der Waals surface area contributed by atoms with Crippen LogP contribution in [0.15, 0.2) is 60.8 Å². The van der Waals surface area contributed by atoms with E-state index < -0.39 is 0 Å². The fourth-order valence-electron chi connectivity index (χ4n) is 5.63. The van der Waals surface area contributed by atoms with E-state index in [0.29, 0.717) is 22.7 Å². The van der Waals surface area contributed by atoms with Crippen molar-refractivity contribution in [2.75, 3.05) is 31.1 Å². The van der Waals surface area contributed by atoms with Gasteiger partial charge in [-0.15, -0.1) is 0 Å². The molecule has 3 aromatic rings. The van der Waals surface area contributed by atoms with Crippen LogP contribution in [-0.2, 0) is 6.54 Å². The lowest BCUT2D eigenvalue weighted by Gasteiger charge is -2.37. The van der Waals surface area contributed by atoms with Crippen LogP contribution in [0.25, 0.3) is 11.1 Å². The smallest absolute Gasteiger partial charge is 0.253 e. The predicted molar refractivity (Wildman–Crippen MR) is 156 cm³/mol. The van der Waals surface area contributed by atoms with E-state index in [0.717, 1.165) is 62.5 Å². The molecule has 0 saturated carbocycles. The molecule has 0 radical (unpaired) electrons. The lowest BCUT2D eigenvalue weighted by Crippen LogP contribution is -2.54. The van der Waals surface area contributed by atoms with Gasteiger partial charge in [0, 0.05) is 62.6 Å². The van der Waals surface area contributed by atoms with E-state index in [-0.39, 0.29) is 11.9 Å². The number of nitrogens with one attached hydrogen (secondary N) is 2. The fourth-order valence-corrected chi connectivity index (χ4v) is 5.95. The molecule has 200 valence electrons. The van der Waals surface area contributed by atoms with Gasteiger partial charge in [0.2, 0.25) is 0 Å². The van der Waals surface area contributed by atoms with Crippen molar-refractivity contribution in [2.24, 2.45) is 0 Å². The monoisotopic (exact) mass is 531 g/mol. The molecule has 2 aromatic carbocycles. The van der Waals surface area contributed by atoms with Crippen LogP contribution < -0.4 is 15.5 Å². The van der Waals surface area contributed by atoms with Gasteiger partial charge in [-0.05, 0) is 56.9 Å². The minimum absolute atomic E-state index is 0.0984. The van der Waals surface area contributed by atoms with Crippen molar-refractivity contribution in [3.05, 3.63) is 82.5 Å². The van der Waals surface area contributed by atoms with Crippen LogP contribution in [0, 0.1) is 6.92 Å². The number of pyridine rings is 1. The van der Waals surface area contributed by atoms with E-state index in [2.05, 4.69) is 65.5 Å². The van der Waals surface area contributed by atoms with Gasteiger partial charge in [-0.2, -0.15) is 0 Å². The Hall–Kier alpha value is -2.93. The highest BCUT2D eigenvalue weighted by Crippen LogP contribution is 2.31. The van der Waals surface area contributed by atoms with Crippen molar-refractivity contribution < 1.29 is 4.79 Å². The number of halogens is 1. The quantitative estimate of drug-likeness (QED) is 0.452. The summed E-state index contributed by atoms with van der Waals surface area (Å²) in [5.41, 5.74) is 4.86. The Bertz CT molecular complexity index is 1230. The van der Waals surface area contributed by atoms with Gasteiger partial charge < -0.3 is 15.5 Å². The van der Waals surface area contributed by atoms with Gasteiger partial charge in [0.25, 0.3) is 5.91 Å². The molecule has 0 aliphatic carbocycles. The van der Waals surface area contributed by atoms with E-state index in [1.165, 1.54) is 11.1 Å². The molecule has 2 aliphatic heterocycles. The molecule has 0 spiro atoms. The first-order valence-corrected chi connectivity index (χ1v) is 14.1. The lowest BCUT2D eigenvalue weighted by atomic mass is 10.0. The molecule has 6 nitrogen and oxygen atoms in total. The number of anilines is 1.